The zero-order chi connectivity index (χ0) is 13.0. The van der Waals surface area contributed by atoms with Gasteiger partial charge in [-0.2, -0.15) is 0 Å². The van der Waals surface area contributed by atoms with Gasteiger partial charge in [0.05, 0.1) is 6.61 Å². The second-order valence-electron chi connectivity index (χ2n) is 4.23. The number of ether oxygens (including phenoxy) is 1. The highest BCUT2D eigenvalue weighted by Gasteiger charge is 2.15. The van der Waals surface area contributed by atoms with Crippen molar-refractivity contribution in [1.29, 1.82) is 0 Å². The number of oxime groups is 1. The molecule has 5 nitrogen and oxygen atoms in total. The minimum absolute atomic E-state index is 0.0561. The molecular formula is C12H16ClN3O2. The van der Waals surface area contributed by atoms with Crippen LogP contribution in [0.3, 0.4) is 0 Å². The van der Waals surface area contributed by atoms with E-state index in [9.17, 15) is 0 Å². The van der Waals surface area contributed by atoms with Crippen LogP contribution < -0.4 is 11.1 Å². The number of nitrogens with one attached hydrogen (secondary N) is 1. The molecule has 18 heavy (non-hydrogen) atoms. The Morgan fingerprint density at radius 3 is 3.06 bits per heavy atom. The van der Waals surface area contributed by atoms with Gasteiger partial charge in [0.1, 0.15) is 0 Å². The summed E-state index contributed by atoms with van der Waals surface area (Å²) in [6.45, 7) is 2.25. The Kier molecular flexibility index (Phi) is 4.41. The summed E-state index contributed by atoms with van der Waals surface area (Å²) in [5.74, 6) is 0.0561. The molecule has 1 aliphatic heterocycles. The summed E-state index contributed by atoms with van der Waals surface area (Å²) in [5, 5.41) is 15.5. The van der Waals surface area contributed by atoms with E-state index in [1.807, 2.05) is 6.07 Å². The van der Waals surface area contributed by atoms with Gasteiger partial charge in [0.15, 0.2) is 5.84 Å². The number of amidine groups is 1. The molecule has 0 radical (unpaired) electrons. The summed E-state index contributed by atoms with van der Waals surface area (Å²) in [5.41, 5.74) is 7.09. The van der Waals surface area contributed by atoms with Crippen LogP contribution in [-0.2, 0) is 11.3 Å². The number of rotatable bonds is 4. The van der Waals surface area contributed by atoms with E-state index in [1.165, 1.54) is 0 Å². The van der Waals surface area contributed by atoms with E-state index in [1.54, 1.807) is 12.1 Å². The van der Waals surface area contributed by atoms with E-state index in [4.69, 9.17) is 27.3 Å². The van der Waals surface area contributed by atoms with Crippen molar-refractivity contribution in [3.05, 3.63) is 34.3 Å². The average Bonchev–Trinajstić information content (AvgIpc) is 2.89. The van der Waals surface area contributed by atoms with Crippen molar-refractivity contribution >= 4 is 17.4 Å². The predicted octanol–water partition coefficient (Wildman–Crippen LogP) is 1.31. The number of halogens is 1. The Labute approximate surface area is 111 Å². The molecule has 6 heteroatoms. The number of hydrogen-bond acceptors (Lipinski definition) is 4. The summed E-state index contributed by atoms with van der Waals surface area (Å²) in [6.07, 6.45) is 1.03. The summed E-state index contributed by atoms with van der Waals surface area (Å²) in [7, 11) is 0. The largest absolute Gasteiger partial charge is 0.409 e. The Bertz CT molecular complexity index is 445. The van der Waals surface area contributed by atoms with Crippen molar-refractivity contribution in [2.45, 2.75) is 19.0 Å². The van der Waals surface area contributed by atoms with Crippen LogP contribution in [0.25, 0.3) is 0 Å². The second kappa shape index (κ2) is 6.04. The molecule has 1 aliphatic rings. The maximum absolute atomic E-state index is 8.59. The predicted molar refractivity (Wildman–Crippen MR) is 70.0 cm³/mol. The number of nitrogens with zero attached hydrogens (tertiary/aromatic N) is 1. The van der Waals surface area contributed by atoms with Gasteiger partial charge in [0.25, 0.3) is 0 Å². The molecule has 1 atom stereocenters. The summed E-state index contributed by atoms with van der Waals surface area (Å²) >= 11 is 6.15. The SMILES string of the molecule is N/C(=N/O)c1ccc(CNC2CCOC2)c(Cl)c1. The summed E-state index contributed by atoms with van der Waals surface area (Å²) in [4.78, 5) is 0. The van der Waals surface area contributed by atoms with Crippen LogP contribution in [0, 0.1) is 0 Å². The molecule has 98 valence electrons. The molecule has 0 bridgehead atoms. The first-order valence-electron chi connectivity index (χ1n) is 5.78. The monoisotopic (exact) mass is 269 g/mol. The van der Waals surface area contributed by atoms with Crippen LogP contribution in [0.2, 0.25) is 5.02 Å². The zero-order valence-electron chi connectivity index (χ0n) is 9.90. The number of nitrogens with two attached hydrogens (primary N) is 1. The quantitative estimate of drug-likeness (QED) is 0.333. The molecule has 1 aromatic carbocycles. The van der Waals surface area contributed by atoms with Gasteiger partial charge in [-0.1, -0.05) is 28.9 Å². The Morgan fingerprint density at radius 1 is 1.61 bits per heavy atom. The molecule has 1 fully saturated rings. The third-order valence-corrected chi connectivity index (χ3v) is 3.32. The Hall–Kier alpha value is -1.30. The highest BCUT2D eigenvalue weighted by Crippen LogP contribution is 2.18. The minimum atomic E-state index is 0.0561. The first-order valence-corrected chi connectivity index (χ1v) is 6.16. The van der Waals surface area contributed by atoms with Crippen molar-refractivity contribution in [2.75, 3.05) is 13.2 Å². The fraction of sp³-hybridized carbons (Fsp3) is 0.417. The van der Waals surface area contributed by atoms with Crippen LogP contribution >= 0.6 is 11.6 Å². The second-order valence-corrected chi connectivity index (χ2v) is 4.64. The van der Waals surface area contributed by atoms with E-state index in [-0.39, 0.29) is 5.84 Å². The fourth-order valence-electron chi connectivity index (χ4n) is 1.86. The van der Waals surface area contributed by atoms with Crippen molar-refractivity contribution in [3.8, 4) is 0 Å². The molecule has 0 aliphatic carbocycles. The topological polar surface area (TPSA) is 79.9 Å². The van der Waals surface area contributed by atoms with Crippen LogP contribution in [-0.4, -0.2) is 30.3 Å². The first-order chi connectivity index (χ1) is 8.70. The van der Waals surface area contributed by atoms with Crippen molar-refractivity contribution in [3.63, 3.8) is 0 Å². The minimum Gasteiger partial charge on any atom is -0.409 e. The van der Waals surface area contributed by atoms with Crippen molar-refractivity contribution in [1.82, 2.24) is 5.32 Å². The van der Waals surface area contributed by atoms with Gasteiger partial charge in [-0.15, -0.1) is 0 Å². The van der Waals surface area contributed by atoms with Gasteiger partial charge >= 0.3 is 0 Å². The number of hydrogen-bond donors (Lipinski definition) is 3. The average molecular weight is 270 g/mol. The highest BCUT2D eigenvalue weighted by atomic mass is 35.5. The van der Waals surface area contributed by atoms with Gasteiger partial charge in [-0.3, -0.25) is 0 Å². The van der Waals surface area contributed by atoms with Crippen LogP contribution in [0.15, 0.2) is 23.4 Å². The normalized spacial score (nSPS) is 20.3. The van der Waals surface area contributed by atoms with Gasteiger partial charge in [-0.25, -0.2) is 0 Å². The molecule has 1 aromatic rings. The van der Waals surface area contributed by atoms with Crippen LogP contribution in [0.4, 0.5) is 0 Å². The lowest BCUT2D eigenvalue weighted by atomic mass is 10.1. The molecule has 2 rings (SSSR count). The van der Waals surface area contributed by atoms with E-state index >= 15 is 0 Å². The summed E-state index contributed by atoms with van der Waals surface area (Å²) < 4.78 is 5.29. The van der Waals surface area contributed by atoms with E-state index in [2.05, 4.69) is 10.5 Å². The maximum atomic E-state index is 8.59. The molecule has 0 spiro atoms. The fourth-order valence-corrected chi connectivity index (χ4v) is 2.10. The lowest BCUT2D eigenvalue weighted by molar-refractivity contribution is 0.190. The number of benzene rings is 1. The molecule has 1 heterocycles. The van der Waals surface area contributed by atoms with E-state index in [0.717, 1.165) is 25.2 Å². The molecule has 0 amide bonds. The molecule has 0 aromatic heterocycles. The molecular weight excluding hydrogens is 254 g/mol. The van der Waals surface area contributed by atoms with Crippen LogP contribution in [0.1, 0.15) is 17.5 Å². The van der Waals surface area contributed by atoms with Gasteiger partial charge in [-0.05, 0) is 18.1 Å². The van der Waals surface area contributed by atoms with Crippen molar-refractivity contribution < 1.29 is 9.94 Å². The first kappa shape index (κ1) is 13.1. The molecule has 1 saturated heterocycles. The summed E-state index contributed by atoms with van der Waals surface area (Å²) in [6, 6.07) is 5.74. The van der Waals surface area contributed by atoms with E-state index in [0.29, 0.717) is 23.2 Å². The lowest BCUT2D eigenvalue weighted by Crippen LogP contribution is -2.28. The Balaban J connectivity index is 2.00. The highest BCUT2D eigenvalue weighted by molar-refractivity contribution is 6.31. The third-order valence-electron chi connectivity index (χ3n) is 2.97. The van der Waals surface area contributed by atoms with Gasteiger partial charge < -0.3 is 21.0 Å². The standard InChI is InChI=1S/C12H16ClN3O2/c13-11-5-8(12(14)16-17)1-2-9(11)6-15-10-3-4-18-7-10/h1-2,5,10,15,17H,3-4,6-7H2,(H2,14,16). The van der Waals surface area contributed by atoms with E-state index < -0.39 is 0 Å². The lowest BCUT2D eigenvalue weighted by Gasteiger charge is -2.12. The third kappa shape index (κ3) is 3.13. The van der Waals surface area contributed by atoms with Gasteiger partial charge in [0, 0.05) is 29.8 Å². The maximum Gasteiger partial charge on any atom is 0.170 e. The van der Waals surface area contributed by atoms with Crippen LogP contribution in [0.5, 0.6) is 0 Å². The zero-order valence-corrected chi connectivity index (χ0v) is 10.7. The smallest absolute Gasteiger partial charge is 0.170 e. The molecule has 0 saturated carbocycles. The van der Waals surface area contributed by atoms with Crippen molar-refractivity contribution in [2.24, 2.45) is 10.9 Å². The van der Waals surface area contributed by atoms with Gasteiger partial charge in [0.2, 0.25) is 0 Å². The molecule has 4 N–H and O–H groups in total. The Morgan fingerprint density at radius 2 is 2.44 bits per heavy atom. The molecule has 1 unspecified atom stereocenters.